The Kier molecular flexibility index (Phi) is 3.36. The Morgan fingerprint density at radius 2 is 2.25 bits per heavy atom. The zero-order valence-electron chi connectivity index (χ0n) is 11.0. The molecule has 1 atom stereocenters. The van der Waals surface area contributed by atoms with Gasteiger partial charge in [-0.2, -0.15) is 0 Å². The fourth-order valence-corrected chi connectivity index (χ4v) is 3.08. The minimum Gasteiger partial charge on any atom is -0.480 e. The number of hydrogen-bond acceptors (Lipinski definition) is 5. The molecular weight excluding hydrogens is 272 g/mol. The van der Waals surface area contributed by atoms with Crippen molar-refractivity contribution in [2.45, 2.75) is 17.9 Å². The molecule has 1 unspecified atom stereocenters. The molecular formula is C15H14N2O2S. The molecule has 0 bridgehead atoms. The molecule has 1 aromatic carbocycles. The van der Waals surface area contributed by atoms with Crippen LogP contribution in [0.15, 0.2) is 41.4 Å². The lowest BCUT2D eigenvalue weighted by atomic mass is 10.1. The number of fused-ring (bicyclic) bond motifs is 1. The Hall–Kier alpha value is -2.01. The number of pyridine rings is 1. The van der Waals surface area contributed by atoms with E-state index in [0.717, 1.165) is 16.2 Å². The van der Waals surface area contributed by atoms with Crippen LogP contribution in [-0.2, 0) is 0 Å². The fourth-order valence-electron chi connectivity index (χ4n) is 2.10. The van der Waals surface area contributed by atoms with Crippen LogP contribution in [0.1, 0.15) is 15.9 Å². The molecule has 0 saturated heterocycles. The number of ether oxygens (including phenoxy) is 1. The summed E-state index contributed by atoms with van der Waals surface area (Å²) in [5, 5.41) is 0. The predicted molar refractivity (Wildman–Crippen MR) is 79.3 cm³/mol. The van der Waals surface area contributed by atoms with E-state index in [4.69, 9.17) is 10.5 Å². The maximum atomic E-state index is 12.5. The molecule has 0 spiro atoms. The number of benzene rings is 1. The van der Waals surface area contributed by atoms with Crippen LogP contribution in [0.2, 0.25) is 0 Å². The second kappa shape index (κ2) is 5.17. The van der Waals surface area contributed by atoms with E-state index < -0.39 is 6.10 Å². The van der Waals surface area contributed by atoms with E-state index in [2.05, 4.69) is 4.98 Å². The molecule has 1 aliphatic rings. The normalized spacial score (nSPS) is 17.1. The Morgan fingerprint density at radius 1 is 1.45 bits per heavy atom. The highest BCUT2D eigenvalue weighted by Gasteiger charge is 2.28. The lowest BCUT2D eigenvalue weighted by molar-refractivity contribution is 0.0815. The fraction of sp³-hybridized carbons (Fsp3) is 0.200. The number of Topliss-reactive ketones (excluding diaryl/α,β-unsaturated/α-hetero) is 1. The zero-order chi connectivity index (χ0) is 14.1. The van der Waals surface area contributed by atoms with E-state index in [1.54, 1.807) is 24.0 Å². The first-order chi connectivity index (χ1) is 9.65. The van der Waals surface area contributed by atoms with Gasteiger partial charge in [0.25, 0.3) is 0 Å². The lowest BCUT2D eigenvalue weighted by Gasteiger charge is -2.24. The van der Waals surface area contributed by atoms with Gasteiger partial charge in [-0.05, 0) is 30.7 Å². The minimum atomic E-state index is -0.513. The molecule has 0 amide bonds. The number of nitrogens with zero attached hydrogens (tertiary/aromatic N) is 1. The molecule has 2 aromatic rings. The number of carbonyl (C=O) groups excluding carboxylic acids is 1. The maximum Gasteiger partial charge on any atom is 0.207 e. The zero-order valence-corrected chi connectivity index (χ0v) is 11.8. The van der Waals surface area contributed by atoms with Gasteiger partial charge >= 0.3 is 0 Å². The molecule has 3 rings (SSSR count). The number of hydrogen-bond donors (Lipinski definition) is 1. The first kappa shape index (κ1) is 13.0. The number of thioether (sulfide) groups is 1. The number of aromatic nitrogens is 1. The van der Waals surface area contributed by atoms with Gasteiger partial charge < -0.3 is 10.5 Å². The quantitative estimate of drug-likeness (QED) is 0.860. The Balaban J connectivity index is 1.88. The smallest absolute Gasteiger partial charge is 0.207 e. The van der Waals surface area contributed by atoms with Crippen molar-refractivity contribution in [1.29, 1.82) is 0 Å². The van der Waals surface area contributed by atoms with Crippen LogP contribution in [0.3, 0.4) is 0 Å². The molecule has 4 nitrogen and oxygen atoms in total. The monoisotopic (exact) mass is 286 g/mol. The van der Waals surface area contributed by atoms with Gasteiger partial charge in [0.2, 0.25) is 5.78 Å². The molecule has 2 N–H and O–H groups in total. The molecule has 5 heteroatoms. The average molecular weight is 286 g/mol. The lowest BCUT2D eigenvalue weighted by Crippen LogP contribution is -2.33. The maximum absolute atomic E-state index is 12.5. The summed E-state index contributed by atoms with van der Waals surface area (Å²) in [5.41, 5.74) is 7.15. The first-order valence-corrected chi connectivity index (χ1v) is 7.28. The van der Waals surface area contributed by atoms with E-state index >= 15 is 0 Å². The Bertz CT molecular complexity index is 673. The highest BCUT2D eigenvalue weighted by Crippen LogP contribution is 2.35. The summed E-state index contributed by atoms with van der Waals surface area (Å²) in [6.07, 6.45) is 1.14. The van der Waals surface area contributed by atoms with Crippen molar-refractivity contribution in [2.24, 2.45) is 0 Å². The van der Waals surface area contributed by atoms with Gasteiger partial charge in [-0.25, -0.2) is 4.98 Å². The Morgan fingerprint density at radius 3 is 3.10 bits per heavy atom. The second-order valence-corrected chi connectivity index (χ2v) is 5.74. The number of anilines is 1. The average Bonchev–Trinajstić information content (AvgIpc) is 2.48. The predicted octanol–water partition coefficient (Wildman–Crippen LogP) is 2.71. The molecule has 0 saturated carbocycles. The van der Waals surface area contributed by atoms with Crippen LogP contribution in [0, 0.1) is 6.92 Å². The van der Waals surface area contributed by atoms with Crippen molar-refractivity contribution >= 4 is 23.4 Å². The van der Waals surface area contributed by atoms with Crippen molar-refractivity contribution in [3.8, 4) is 5.75 Å². The number of aryl methyl sites for hydroxylation is 1. The van der Waals surface area contributed by atoms with Crippen molar-refractivity contribution < 1.29 is 9.53 Å². The van der Waals surface area contributed by atoms with Crippen LogP contribution < -0.4 is 10.5 Å². The van der Waals surface area contributed by atoms with Gasteiger partial charge in [-0.15, -0.1) is 11.8 Å². The van der Waals surface area contributed by atoms with E-state index in [1.165, 1.54) is 0 Å². The summed E-state index contributed by atoms with van der Waals surface area (Å²) < 4.78 is 5.79. The number of nitrogen functional groups attached to an aromatic ring is 1. The van der Waals surface area contributed by atoms with E-state index in [-0.39, 0.29) is 11.6 Å². The molecule has 1 aliphatic heterocycles. The van der Waals surface area contributed by atoms with Crippen LogP contribution in [0.4, 0.5) is 5.82 Å². The van der Waals surface area contributed by atoms with E-state index in [1.807, 2.05) is 31.2 Å². The summed E-state index contributed by atoms with van der Waals surface area (Å²) in [4.78, 5) is 17.6. The third kappa shape index (κ3) is 2.36. The molecule has 0 radical (unpaired) electrons. The summed E-state index contributed by atoms with van der Waals surface area (Å²) in [6, 6.07) is 9.48. The number of nitrogens with two attached hydrogens (primary N) is 1. The third-order valence-electron chi connectivity index (χ3n) is 3.12. The number of para-hydroxylation sites is 1. The number of carbonyl (C=O) groups is 1. The number of ketones is 1. The molecule has 102 valence electrons. The second-order valence-electron chi connectivity index (χ2n) is 4.67. The summed E-state index contributed by atoms with van der Waals surface area (Å²) in [7, 11) is 0. The third-order valence-corrected chi connectivity index (χ3v) is 4.24. The van der Waals surface area contributed by atoms with E-state index in [0.29, 0.717) is 11.3 Å². The van der Waals surface area contributed by atoms with Gasteiger partial charge in [0.15, 0.2) is 6.10 Å². The largest absolute Gasteiger partial charge is 0.480 e. The molecule has 0 aliphatic carbocycles. The van der Waals surface area contributed by atoms with Gasteiger partial charge in [0.1, 0.15) is 11.6 Å². The van der Waals surface area contributed by atoms with Gasteiger partial charge in [0.05, 0.1) is 5.56 Å². The van der Waals surface area contributed by atoms with Crippen molar-refractivity contribution in [3.05, 3.63) is 47.7 Å². The standard InChI is InChI=1S/C15H14N2O2S/c1-9-6-10(15(16)17-7-9)14(18)12-8-20-13-5-3-2-4-11(13)19-12/h2-7,12H,8H2,1H3,(H2,16,17). The van der Waals surface area contributed by atoms with Crippen molar-refractivity contribution in [2.75, 3.05) is 11.5 Å². The van der Waals surface area contributed by atoms with Gasteiger partial charge in [-0.3, -0.25) is 4.79 Å². The van der Waals surface area contributed by atoms with Crippen LogP contribution in [0.5, 0.6) is 5.75 Å². The van der Waals surface area contributed by atoms with Crippen molar-refractivity contribution in [1.82, 2.24) is 4.98 Å². The number of rotatable bonds is 2. The SMILES string of the molecule is Cc1cnc(N)c(C(=O)C2CSc3ccccc3O2)c1. The summed E-state index contributed by atoms with van der Waals surface area (Å²) in [6.45, 7) is 1.88. The minimum absolute atomic E-state index is 0.110. The topological polar surface area (TPSA) is 65.2 Å². The van der Waals surface area contributed by atoms with Gasteiger partial charge in [0, 0.05) is 16.8 Å². The molecule has 1 aromatic heterocycles. The molecule has 2 heterocycles. The Labute approximate surface area is 121 Å². The van der Waals surface area contributed by atoms with Gasteiger partial charge in [-0.1, -0.05) is 12.1 Å². The highest BCUT2D eigenvalue weighted by molar-refractivity contribution is 7.99. The molecule has 0 fully saturated rings. The van der Waals surface area contributed by atoms with Crippen LogP contribution in [0.25, 0.3) is 0 Å². The highest BCUT2D eigenvalue weighted by atomic mass is 32.2. The molecule has 20 heavy (non-hydrogen) atoms. The summed E-state index contributed by atoms with van der Waals surface area (Å²) in [5.74, 6) is 1.48. The van der Waals surface area contributed by atoms with E-state index in [9.17, 15) is 4.79 Å². The first-order valence-electron chi connectivity index (χ1n) is 6.30. The van der Waals surface area contributed by atoms with Crippen LogP contribution >= 0.6 is 11.8 Å². The van der Waals surface area contributed by atoms with Crippen LogP contribution in [-0.4, -0.2) is 22.6 Å². The summed E-state index contributed by atoms with van der Waals surface area (Å²) >= 11 is 1.62. The van der Waals surface area contributed by atoms with Crippen molar-refractivity contribution in [3.63, 3.8) is 0 Å².